The molecule has 1 rings (SSSR count). The van der Waals surface area contributed by atoms with Crippen LogP contribution in [0.3, 0.4) is 0 Å². The molecule has 94 valence electrons. The minimum Gasteiger partial charge on any atom is -0.480 e. The van der Waals surface area contributed by atoms with E-state index in [9.17, 15) is 9.59 Å². The van der Waals surface area contributed by atoms with Gasteiger partial charge in [-0.1, -0.05) is 0 Å². The number of carbonyl (C=O) groups is 2. The van der Waals surface area contributed by atoms with Crippen LogP contribution in [0, 0.1) is 6.92 Å². The summed E-state index contributed by atoms with van der Waals surface area (Å²) in [6.45, 7) is 1.58. The lowest BCUT2D eigenvalue weighted by molar-refractivity contribution is -0.140. The molecule has 0 spiro atoms. The summed E-state index contributed by atoms with van der Waals surface area (Å²) in [4.78, 5) is 22.5. The second kappa shape index (κ2) is 5.83. The minimum atomic E-state index is -1.16. The van der Waals surface area contributed by atoms with Gasteiger partial charge in [0.15, 0.2) is 16.5 Å². The summed E-state index contributed by atoms with van der Waals surface area (Å²) in [5, 5.41) is 11.1. The van der Waals surface area contributed by atoms with Gasteiger partial charge in [0.1, 0.15) is 0 Å². The van der Waals surface area contributed by atoms with Gasteiger partial charge < -0.3 is 19.6 Å². The van der Waals surface area contributed by atoms with Gasteiger partial charge in [0, 0.05) is 12.7 Å². The normalized spacial score (nSPS) is 12.2. The topological polar surface area (TPSA) is 88.8 Å². The molecular weight excluding hydrogens is 294 g/mol. The number of hydrogen-bond acceptors (Lipinski definition) is 4. The van der Waals surface area contributed by atoms with E-state index in [4.69, 9.17) is 14.3 Å². The van der Waals surface area contributed by atoms with Gasteiger partial charge in [-0.2, -0.15) is 0 Å². The third kappa shape index (κ3) is 3.57. The average molecular weight is 306 g/mol. The number of carboxylic acids is 1. The molecule has 1 unspecified atom stereocenters. The van der Waals surface area contributed by atoms with E-state index in [0.717, 1.165) is 0 Å². The lowest BCUT2D eigenvalue weighted by Gasteiger charge is -2.12. The average Bonchev–Trinajstić information content (AvgIpc) is 2.57. The van der Waals surface area contributed by atoms with Gasteiger partial charge in [0.05, 0.1) is 6.61 Å². The van der Waals surface area contributed by atoms with E-state index >= 15 is 0 Å². The van der Waals surface area contributed by atoms with Crippen LogP contribution in [0.4, 0.5) is 0 Å². The molecule has 1 heterocycles. The van der Waals surface area contributed by atoms with Crippen molar-refractivity contribution in [2.24, 2.45) is 0 Å². The standard InChI is InChI=1S/C10H12BrNO5/c1-5-3-7(11)17-8(5)9(13)12-6(4-16-2)10(14)15/h3,6H,4H2,1-2H3,(H,12,13)(H,14,15). The molecule has 6 nitrogen and oxygen atoms in total. The summed E-state index contributed by atoms with van der Waals surface area (Å²) < 4.78 is 10.2. The molecule has 0 saturated carbocycles. The van der Waals surface area contributed by atoms with Gasteiger partial charge in [-0.05, 0) is 28.9 Å². The van der Waals surface area contributed by atoms with Crippen molar-refractivity contribution >= 4 is 27.8 Å². The zero-order valence-electron chi connectivity index (χ0n) is 9.32. The third-order valence-corrected chi connectivity index (χ3v) is 2.42. The molecule has 0 bridgehead atoms. The third-order valence-electron chi connectivity index (χ3n) is 2.03. The number of carbonyl (C=O) groups excluding carboxylic acids is 1. The second-order valence-electron chi connectivity index (χ2n) is 3.38. The Labute approximate surface area is 106 Å². The van der Waals surface area contributed by atoms with Crippen LogP contribution in [0.2, 0.25) is 0 Å². The van der Waals surface area contributed by atoms with E-state index in [1.807, 2.05) is 0 Å². The quantitative estimate of drug-likeness (QED) is 0.853. The first-order chi connectivity index (χ1) is 7.95. The summed E-state index contributed by atoms with van der Waals surface area (Å²) in [5.74, 6) is -1.67. The Morgan fingerprint density at radius 1 is 1.65 bits per heavy atom. The van der Waals surface area contributed by atoms with Gasteiger partial charge in [0.2, 0.25) is 0 Å². The summed E-state index contributed by atoms with van der Waals surface area (Å²) >= 11 is 3.09. The second-order valence-corrected chi connectivity index (χ2v) is 4.16. The number of methoxy groups -OCH3 is 1. The lowest BCUT2D eigenvalue weighted by atomic mass is 10.2. The van der Waals surface area contributed by atoms with Crippen molar-refractivity contribution in [3.63, 3.8) is 0 Å². The largest absolute Gasteiger partial charge is 0.480 e. The van der Waals surface area contributed by atoms with E-state index in [1.54, 1.807) is 13.0 Å². The number of hydrogen-bond donors (Lipinski definition) is 2. The van der Waals surface area contributed by atoms with E-state index in [-0.39, 0.29) is 12.4 Å². The zero-order chi connectivity index (χ0) is 13.0. The molecule has 1 amide bonds. The van der Waals surface area contributed by atoms with Crippen LogP contribution < -0.4 is 5.32 Å². The van der Waals surface area contributed by atoms with Crippen LogP contribution in [-0.4, -0.2) is 36.7 Å². The smallest absolute Gasteiger partial charge is 0.328 e. The molecule has 17 heavy (non-hydrogen) atoms. The van der Waals surface area contributed by atoms with E-state index < -0.39 is 17.9 Å². The Balaban J connectivity index is 2.77. The Morgan fingerprint density at radius 2 is 2.29 bits per heavy atom. The van der Waals surface area contributed by atoms with Crippen LogP contribution >= 0.6 is 15.9 Å². The maximum absolute atomic E-state index is 11.7. The highest BCUT2D eigenvalue weighted by atomic mass is 79.9. The number of amides is 1. The highest BCUT2D eigenvalue weighted by Crippen LogP contribution is 2.19. The molecule has 0 aromatic carbocycles. The number of nitrogens with one attached hydrogen (secondary N) is 1. The number of aliphatic carboxylic acids is 1. The Kier molecular flexibility index (Phi) is 4.71. The highest BCUT2D eigenvalue weighted by molar-refractivity contribution is 9.10. The first kappa shape index (κ1) is 13.7. The predicted octanol–water partition coefficient (Wildman–Crippen LogP) is 1.18. The van der Waals surface area contributed by atoms with Crippen molar-refractivity contribution in [1.82, 2.24) is 5.32 Å². The fourth-order valence-electron chi connectivity index (χ4n) is 1.23. The SMILES string of the molecule is COCC(NC(=O)c1oc(Br)cc1C)C(=O)O. The number of aryl methyl sites for hydroxylation is 1. The van der Waals surface area contributed by atoms with Gasteiger partial charge in [-0.15, -0.1) is 0 Å². The maximum atomic E-state index is 11.7. The Hall–Kier alpha value is -1.34. The summed E-state index contributed by atoms with van der Waals surface area (Å²) in [6, 6.07) is 0.525. The van der Waals surface area contributed by atoms with E-state index in [2.05, 4.69) is 21.2 Å². The number of rotatable bonds is 5. The molecule has 1 aromatic rings. The molecule has 0 fully saturated rings. The van der Waals surface area contributed by atoms with Crippen LogP contribution in [0.25, 0.3) is 0 Å². The number of furan rings is 1. The van der Waals surface area contributed by atoms with Gasteiger partial charge in [0.25, 0.3) is 5.91 Å². The van der Waals surface area contributed by atoms with Crippen molar-refractivity contribution < 1.29 is 23.8 Å². The maximum Gasteiger partial charge on any atom is 0.328 e. The fraction of sp³-hybridized carbons (Fsp3) is 0.400. The molecule has 1 atom stereocenters. The molecule has 7 heteroatoms. The minimum absolute atomic E-state index is 0.0826. The molecule has 0 aliphatic heterocycles. The first-order valence-corrected chi connectivity index (χ1v) is 5.53. The molecule has 0 aliphatic carbocycles. The molecule has 0 saturated heterocycles. The number of ether oxygens (including phenoxy) is 1. The Morgan fingerprint density at radius 3 is 2.71 bits per heavy atom. The highest BCUT2D eigenvalue weighted by Gasteiger charge is 2.23. The first-order valence-electron chi connectivity index (χ1n) is 4.74. The van der Waals surface area contributed by atoms with Gasteiger partial charge in [-0.25, -0.2) is 4.79 Å². The van der Waals surface area contributed by atoms with Crippen molar-refractivity contribution in [2.45, 2.75) is 13.0 Å². The molecule has 2 N–H and O–H groups in total. The van der Waals surface area contributed by atoms with Crippen molar-refractivity contribution in [2.75, 3.05) is 13.7 Å². The van der Waals surface area contributed by atoms with Crippen molar-refractivity contribution in [3.8, 4) is 0 Å². The summed E-state index contributed by atoms with van der Waals surface area (Å²) in [7, 11) is 1.36. The fourth-order valence-corrected chi connectivity index (χ4v) is 1.74. The molecule has 0 radical (unpaired) electrons. The van der Waals surface area contributed by atoms with Crippen LogP contribution in [0.5, 0.6) is 0 Å². The zero-order valence-corrected chi connectivity index (χ0v) is 10.9. The van der Waals surface area contributed by atoms with Crippen molar-refractivity contribution in [1.29, 1.82) is 0 Å². The van der Waals surface area contributed by atoms with Crippen LogP contribution in [-0.2, 0) is 9.53 Å². The lowest BCUT2D eigenvalue weighted by Crippen LogP contribution is -2.43. The Bertz CT molecular complexity index is 428. The summed E-state index contributed by atoms with van der Waals surface area (Å²) in [6.07, 6.45) is 0. The molecule has 0 aliphatic rings. The predicted molar refractivity (Wildman–Crippen MR) is 61.9 cm³/mol. The van der Waals surface area contributed by atoms with Gasteiger partial charge in [-0.3, -0.25) is 4.79 Å². The van der Waals surface area contributed by atoms with Crippen molar-refractivity contribution in [3.05, 3.63) is 22.1 Å². The van der Waals surface area contributed by atoms with Crippen LogP contribution in [0.1, 0.15) is 16.1 Å². The van der Waals surface area contributed by atoms with Gasteiger partial charge >= 0.3 is 5.97 Å². The summed E-state index contributed by atoms with van der Waals surface area (Å²) in [5.41, 5.74) is 0.621. The molecular formula is C10H12BrNO5. The molecule has 1 aromatic heterocycles. The van der Waals surface area contributed by atoms with E-state index in [0.29, 0.717) is 10.2 Å². The number of halogens is 1. The van der Waals surface area contributed by atoms with E-state index in [1.165, 1.54) is 7.11 Å². The number of carboxylic acid groups (broad SMARTS) is 1. The van der Waals surface area contributed by atoms with Crippen LogP contribution in [0.15, 0.2) is 15.2 Å². The monoisotopic (exact) mass is 305 g/mol.